The van der Waals surface area contributed by atoms with Gasteiger partial charge in [-0.3, -0.25) is 29.0 Å². The molecule has 8 atom stereocenters. The Balaban J connectivity index is 1.30. The molecule has 10 aliphatic rings. The van der Waals surface area contributed by atoms with Gasteiger partial charge in [0, 0.05) is 38.3 Å². The second kappa shape index (κ2) is 9.43. The van der Waals surface area contributed by atoms with E-state index in [-0.39, 0.29) is 36.5 Å². The average molecular weight is 761 g/mol. The third kappa shape index (κ3) is 2.91. The lowest BCUT2D eigenvalue weighted by Gasteiger charge is -2.51. The van der Waals surface area contributed by atoms with Crippen molar-refractivity contribution in [2.24, 2.45) is 0 Å². The summed E-state index contributed by atoms with van der Waals surface area (Å²) in [4.78, 5) is 59.9. The van der Waals surface area contributed by atoms with Crippen molar-refractivity contribution < 1.29 is 29.4 Å². The van der Waals surface area contributed by atoms with Crippen molar-refractivity contribution in [1.29, 1.82) is 0 Å². The molecule has 10 heterocycles. The number of hydrogen-bond acceptors (Lipinski definition) is 14. The topological polar surface area (TPSA) is 146 Å². The van der Waals surface area contributed by atoms with Crippen LogP contribution in [0.25, 0.3) is 0 Å². The summed E-state index contributed by atoms with van der Waals surface area (Å²) in [5.74, 6) is -1.24. The van der Waals surface area contributed by atoms with E-state index >= 15 is 0 Å². The second-order valence-corrected chi connectivity index (χ2v) is 22.4. The summed E-state index contributed by atoms with van der Waals surface area (Å²) >= 11 is 0. The van der Waals surface area contributed by atoms with Crippen molar-refractivity contribution in [3.63, 3.8) is 0 Å². The number of amides is 4. The van der Waals surface area contributed by atoms with Crippen LogP contribution in [0.15, 0.2) is 48.5 Å². The molecule has 4 amide bonds. The van der Waals surface area contributed by atoms with Gasteiger partial charge in [0.05, 0.1) is 24.0 Å². The number of anilines is 2. The first-order valence-electron chi connectivity index (χ1n) is 15.3. The van der Waals surface area contributed by atoms with Crippen molar-refractivity contribution in [2.45, 2.75) is 55.5 Å². The molecule has 2 spiro atoms. The number of rotatable bonds is 3. The monoisotopic (exact) mass is 760 g/mol. The predicted octanol–water partition coefficient (Wildman–Crippen LogP) is 2.63. The van der Waals surface area contributed by atoms with Crippen molar-refractivity contribution in [3.8, 4) is 0 Å². The number of piperazine rings is 2. The molecule has 0 radical (unpaired) electrons. The zero-order chi connectivity index (χ0) is 33.2. The Bertz CT molecular complexity index is 1780. The number of fused-ring (bicyclic) bond motifs is 13. The highest BCUT2D eigenvalue weighted by molar-refractivity contribution is 9.10. The van der Waals surface area contributed by atoms with Crippen molar-refractivity contribution in [3.05, 3.63) is 59.7 Å². The SMILES string of the molecule is CN1C(=O)C23CC4(C56CC78SSSC(CO)(C(=O)N7C5Nc5ccccc56)N(C)C8=O)c5ccccc5NC4N2C(=O)C1(CO)SSS3. The van der Waals surface area contributed by atoms with Gasteiger partial charge in [-0.2, -0.15) is 0 Å². The fourth-order valence-electron chi connectivity index (χ4n) is 9.90. The van der Waals surface area contributed by atoms with Crippen molar-refractivity contribution in [2.75, 3.05) is 37.9 Å². The molecule has 0 saturated carbocycles. The van der Waals surface area contributed by atoms with Crippen LogP contribution in [-0.2, 0) is 30.0 Å². The van der Waals surface area contributed by atoms with Gasteiger partial charge in [0.25, 0.3) is 23.6 Å². The molecule has 18 heteroatoms. The van der Waals surface area contributed by atoms with E-state index in [1.807, 2.05) is 48.5 Å². The van der Waals surface area contributed by atoms with Gasteiger partial charge in [0.2, 0.25) is 9.74 Å². The molecule has 2 aromatic carbocycles. The maximum atomic E-state index is 14.9. The number of carbonyl (C=O) groups is 4. The number of benzene rings is 2. The van der Waals surface area contributed by atoms with Gasteiger partial charge in [-0.1, -0.05) is 36.4 Å². The zero-order valence-electron chi connectivity index (χ0n) is 25.4. The number of para-hydroxylation sites is 2. The van der Waals surface area contributed by atoms with E-state index in [9.17, 15) is 29.4 Å². The molecule has 48 heavy (non-hydrogen) atoms. The Labute approximate surface area is 298 Å². The third-order valence-corrected chi connectivity index (χ3v) is 22.2. The highest BCUT2D eigenvalue weighted by atomic mass is 33.5. The minimum atomic E-state index is -1.52. The molecular weight excluding hydrogens is 733 g/mol. The number of carbonyl (C=O) groups excluding carboxylic acids is 4. The smallest absolute Gasteiger partial charge is 0.265 e. The molecule has 12 nitrogen and oxygen atoms in total. The lowest BCUT2D eigenvalue weighted by atomic mass is 9.54. The number of hydrogen-bond donors (Lipinski definition) is 4. The molecule has 8 fully saturated rings. The van der Waals surface area contributed by atoms with Crippen LogP contribution >= 0.6 is 62.8 Å². The molecule has 2 aromatic rings. The predicted molar refractivity (Wildman–Crippen MR) is 190 cm³/mol. The van der Waals surface area contributed by atoms with E-state index in [2.05, 4.69) is 10.6 Å². The third-order valence-electron chi connectivity index (χ3n) is 12.0. The van der Waals surface area contributed by atoms with Crippen LogP contribution in [-0.4, -0.2) is 113 Å². The Morgan fingerprint density at radius 3 is 1.44 bits per heavy atom. The van der Waals surface area contributed by atoms with Gasteiger partial charge < -0.3 is 30.6 Å². The van der Waals surface area contributed by atoms with E-state index in [0.717, 1.165) is 22.5 Å². The van der Waals surface area contributed by atoms with Crippen LogP contribution < -0.4 is 10.6 Å². The molecular formula is C30H28N6O6S6. The molecule has 250 valence electrons. The van der Waals surface area contributed by atoms with Crippen LogP contribution in [0.1, 0.15) is 24.0 Å². The number of aliphatic hydroxyl groups excluding tert-OH is 2. The first-order chi connectivity index (χ1) is 23.1. The summed E-state index contributed by atoms with van der Waals surface area (Å²) in [5, 5.41) is 28.9. The van der Waals surface area contributed by atoms with Crippen LogP contribution in [0.3, 0.4) is 0 Å². The van der Waals surface area contributed by atoms with E-state index in [1.54, 1.807) is 23.9 Å². The Kier molecular flexibility index (Phi) is 6.04. The Morgan fingerprint density at radius 2 is 1.04 bits per heavy atom. The zero-order valence-corrected chi connectivity index (χ0v) is 30.3. The van der Waals surface area contributed by atoms with Gasteiger partial charge >= 0.3 is 0 Å². The summed E-state index contributed by atoms with van der Waals surface area (Å²) in [7, 11) is 11.0. The van der Waals surface area contributed by atoms with Crippen molar-refractivity contribution >= 4 is 97.8 Å². The molecule has 8 unspecified atom stereocenters. The highest BCUT2D eigenvalue weighted by Crippen LogP contribution is 2.78. The summed E-state index contributed by atoms with van der Waals surface area (Å²) < 4.78 is 0. The first-order valence-corrected chi connectivity index (χ1v) is 22.3. The van der Waals surface area contributed by atoms with Crippen molar-refractivity contribution in [1.82, 2.24) is 19.6 Å². The van der Waals surface area contributed by atoms with E-state index in [1.165, 1.54) is 72.6 Å². The average Bonchev–Trinajstić information content (AvgIpc) is 3.68. The maximum Gasteiger partial charge on any atom is 0.265 e. The molecule has 10 aliphatic heterocycles. The number of aliphatic hydroxyl groups is 2. The minimum absolute atomic E-state index is 0.204. The normalized spacial score (nSPS) is 42.9. The van der Waals surface area contributed by atoms with E-state index in [4.69, 9.17) is 0 Å². The van der Waals surface area contributed by atoms with Gasteiger partial charge in [-0.15, -0.1) is 0 Å². The van der Waals surface area contributed by atoms with Crippen LogP contribution in [0, 0.1) is 0 Å². The van der Waals surface area contributed by atoms with Gasteiger partial charge in [0.1, 0.15) is 12.3 Å². The summed E-state index contributed by atoms with van der Waals surface area (Å²) in [6.07, 6.45) is -1.11. The Hall–Kier alpha value is -2.06. The molecule has 4 bridgehead atoms. The van der Waals surface area contributed by atoms with Crippen LogP contribution in [0.2, 0.25) is 0 Å². The number of nitrogens with zero attached hydrogens (tertiary/aromatic N) is 4. The second-order valence-electron chi connectivity index (χ2n) is 13.5. The van der Waals surface area contributed by atoms with Gasteiger partial charge in [-0.05, 0) is 86.1 Å². The molecule has 12 rings (SSSR count). The van der Waals surface area contributed by atoms with Crippen LogP contribution in [0.4, 0.5) is 11.4 Å². The summed E-state index contributed by atoms with van der Waals surface area (Å²) in [5.41, 5.74) is 1.37. The van der Waals surface area contributed by atoms with E-state index in [0.29, 0.717) is 0 Å². The largest absolute Gasteiger partial charge is 0.392 e. The lowest BCUT2D eigenvalue weighted by molar-refractivity contribution is -0.165. The van der Waals surface area contributed by atoms with Gasteiger partial charge in [-0.25, -0.2) is 0 Å². The standard InChI is InChI=1S/C30H28N6O6S6/c1-33-21(39)27-11-25(15-7-3-5-9-17(15)31-19(25)35(27)23(41)29(33,13-37)45-47-43-27)26-12-28-22(40)34(2)30(14-38,46-48-44-28)24(42)36(28)20(26)32-18-10-6-4-8-16(18)26/h3-10,19-20,31-32,37-38H,11-14H2,1-2H3. The Morgan fingerprint density at radius 1 is 0.646 bits per heavy atom. The highest BCUT2D eigenvalue weighted by Gasteiger charge is 2.86. The molecule has 8 saturated heterocycles. The molecule has 0 aromatic heterocycles. The summed E-state index contributed by atoms with van der Waals surface area (Å²) in [6, 6.07) is 15.8. The number of likely N-dealkylation sites (N-methyl/N-ethyl adjacent to an activating group) is 2. The number of nitrogens with one attached hydrogen (secondary N) is 2. The van der Waals surface area contributed by atoms with Crippen LogP contribution in [0.5, 0.6) is 0 Å². The maximum absolute atomic E-state index is 14.9. The first kappa shape index (κ1) is 30.7. The van der Waals surface area contributed by atoms with E-state index < -0.39 is 55.9 Å². The molecule has 4 N–H and O–H groups in total. The van der Waals surface area contributed by atoms with Gasteiger partial charge in [0.15, 0.2) is 9.74 Å². The quantitative estimate of drug-likeness (QED) is 0.340. The molecule has 0 aliphatic carbocycles. The lowest BCUT2D eigenvalue weighted by Crippen LogP contribution is -2.74. The summed E-state index contributed by atoms with van der Waals surface area (Å²) in [6.45, 7) is -1.10. The fraction of sp³-hybridized carbons (Fsp3) is 0.467. The minimum Gasteiger partial charge on any atom is -0.392 e. The fourth-order valence-corrected chi connectivity index (χ4v) is 21.7.